The number of rotatable bonds is 6. The van der Waals surface area contributed by atoms with Gasteiger partial charge < -0.3 is 0 Å². The molecule has 174 valence electrons. The number of fused-ring (bicyclic) bond motifs is 1. The molecule has 3 aromatic carbocycles. The second-order valence-electron chi connectivity index (χ2n) is 8.08. The van der Waals surface area contributed by atoms with Gasteiger partial charge in [0.25, 0.3) is 11.5 Å². The van der Waals surface area contributed by atoms with Gasteiger partial charge in [0.15, 0.2) is 5.13 Å². The number of halogens is 1. The predicted octanol–water partition coefficient (Wildman–Crippen LogP) is 5.20. The van der Waals surface area contributed by atoms with E-state index in [1.54, 1.807) is 29.2 Å². The second-order valence-corrected chi connectivity index (χ2v) is 8.92. The lowest BCUT2D eigenvalue weighted by molar-refractivity contribution is -0.119. The summed E-state index contributed by atoms with van der Waals surface area (Å²) in [5.74, 6) is -0.633. The summed E-state index contributed by atoms with van der Waals surface area (Å²) in [4.78, 5) is 32.8. The zero-order valence-corrected chi connectivity index (χ0v) is 19.7. The average molecular weight is 485 g/mol. The highest BCUT2D eigenvalue weighted by Crippen LogP contribution is 2.29. The Morgan fingerprint density at radius 2 is 1.66 bits per heavy atom. The highest BCUT2D eigenvalue weighted by atomic mass is 32.1. The first-order valence-corrected chi connectivity index (χ1v) is 11.9. The fourth-order valence-electron chi connectivity index (χ4n) is 3.90. The molecular formula is C27H21FN4O2S. The smallest absolute Gasteiger partial charge is 0.275 e. The molecule has 1 amide bonds. The summed E-state index contributed by atoms with van der Waals surface area (Å²) in [6.07, 6.45) is 0. The highest BCUT2D eigenvalue weighted by Gasteiger charge is 2.22. The second kappa shape index (κ2) is 9.60. The number of carbonyl (C=O) groups excluding carboxylic acids is 1. The minimum Gasteiger partial charge on any atom is -0.282 e. The van der Waals surface area contributed by atoms with Crippen molar-refractivity contribution >= 4 is 33.1 Å². The molecule has 2 aromatic heterocycles. The third-order valence-corrected chi connectivity index (χ3v) is 6.55. The Morgan fingerprint density at radius 3 is 2.40 bits per heavy atom. The van der Waals surface area contributed by atoms with Crippen molar-refractivity contribution in [1.29, 1.82) is 0 Å². The molecular weight excluding hydrogens is 463 g/mol. The van der Waals surface area contributed by atoms with Crippen LogP contribution in [0, 0.1) is 12.7 Å². The Bertz CT molecular complexity index is 1560. The Kier molecular flexibility index (Phi) is 6.20. The summed E-state index contributed by atoms with van der Waals surface area (Å²) < 4.78 is 14.6. The first-order chi connectivity index (χ1) is 17.0. The van der Waals surface area contributed by atoms with Crippen LogP contribution in [-0.4, -0.2) is 20.7 Å². The number of hydrogen-bond donors (Lipinski definition) is 0. The number of aryl methyl sites for hydroxylation is 1. The molecule has 35 heavy (non-hydrogen) atoms. The lowest BCUT2D eigenvalue weighted by Crippen LogP contribution is -2.37. The van der Waals surface area contributed by atoms with Crippen LogP contribution in [0.25, 0.3) is 22.0 Å². The molecule has 0 spiro atoms. The molecule has 2 heterocycles. The van der Waals surface area contributed by atoms with Crippen molar-refractivity contribution in [1.82, 2.24) is 14.8 Å². The van der Waals surface area contributed by atoms with Crippen molar-refractivity contribution in [3.05, 3.63) is 112 Å². The molecule has 0 unspecified atom stereocenters. The fraction of sp³-hybridized carbons (Fsp3) is 0.111. The van der Waals surface area contributed by atoms with Gasteiger partial charge in [-0.15, -0.1) is 11.3 Å². The maximum absolute atomic E-state index is 13.6. The minimum atomic E-state index is -0.325. The van der Waals surface area contributed by atoms with Crippen molar-refractivity contribution in [2.24, 2.45) is 0 Å². The van der Waals surface area contributed by atoms with Crippen LogP contribution < -0.4 is 10.5 Å². The zero-order valence-electron chi connectivity index (χ0n) is 18.9. The quantitative estimate of drug-likeness (QED) is 0.332. The van der Waals surface area contributed by atoms with E-state index in [9.17, 15) is 14.0 Å². The largest absolute Gasteiger partial charge is 0.282 e. The first-order valence-electron chi connectivity index (χ1n) is 11.0. The summed E-state index contributed by atoms with van der Waals surface area (Å²) in [6.45, 7) is 1.89. The van der Waals surface area contributed by atoms with Crippen molar-refractivity contribution in [3.63, 3.8) is 0 Å². The van der Waals surface area contributed by atoms with Gasteiger partial charge >= 0.3 is 0 Å². The fourth-order valence-corrected chi connectivity index (χ4v) is 4.75. The van der Waals surface area contributed by atoms with Crippen LogP contribution in [0.5, 0.6) is 0 Å². The number of anilines is 1. The zero-order chi connectivity index (χ0) is 24.4. The average Bonchev–Trinajstić information content (AvgIpc) is 3.36. The van der Waals surface area contributed by atoms with Gasteiger partial charge in [-0.05, 0) is 42.8 Å². The molecule has 5 rings (SSSR count). The molecule has 0 aliphatic rings. The van der Waals surface area contributed by atoms with Crippen LogP contribution in [0.1, 0.15) is 11.3 Å². The number of thiazole rings is 1. The molecule has 0 saturated heterocycles. The first kappa shape index (κ1) is 22.6. The van der Waals surface area contributed by atoms with Gasteiger partial charge in [-0.3, -0.25) is 14.5 Å². The molecule has 0 aliphatic heterocycles. The van der Waals surface area contributed by atoms with E-state index in [0.717, 1.165) is 16.5 Å². The number of hydrogen-bond acceptors (Lipinski definition) is 5. The monoisotopic (exact) mass is 484 g/mol. The van der Waals surface area contributed by atoms with Crippen LogP contribution in [0.3, 0.4) is 0 Å². The van der Waals surface area contributed by atoms with E-state index < -0.39 is 0 Å². The highest BCUT2D eigenvalue weighted by molar-refractivity contribution is 7.14. The molecule has 0 radical (unpaired) electrons. The van der Waals surface area contributed by atoms with E-state index in [1.165, 1.54) is 28.2 Å². The summed E-state index contributed by atoms with van der Waals surface area (Å²) in [6, 6.07) is 22.9. The molecule has 0 bridgehead atoms. The molecule has 5 aromatic rings. The van der Waals surface area contributed by atoms with E-state index in [0.29, 0.717) is 21.9 Å². The van der Waals surface area contributed by atoms with Crippen molar-refractivity contribution < 1.29 is 9.18 Å². The standard InChI is InChI=1S/C27H21FN4O2S/c1-18-22-9-5-6-10-23(22)26(34)32(30-18)16-25(33)31(15-19-7-3-2-4-8-19)27-29-24(17-35-27)20-11-13-21(28)14-12-20/h2-14,17H,15-16H2,1H3. The Labute approximate surface area is 204 Å². The molecule has 0 fully saturated rings. The van der Waals surface area contributed by atoms with Gasteiger partial charge in [0, 0.05) is 16.3 Å². The summed E-state index contributed by atoms with van der Waals surface area (Å²) >= 11 is 1.32. The Morgan fingerprint density at radius 1 is 0.971 bits per heavy atom. The van der Waals surface area contributed by atoms with Gasteiger partial charge in [0.1, 0.15) is 12.4 Å². The number of carbonyl (C=O) groups is 1. The van der Waals surface area contributed by atoms with Crippen LogP contribution in [0.4, 0.5) is 9.52 Å². The molecule has 6 nitrogen and oxygen atoms in total. The van der Waals surface area contributed by atoms with Crippen molar-refractivity contribution in [3.8, 4) is 11.3 Å². The van der Waals surface area contributed by atoms with E-state index in [-0.39, 0.29) is 30.4 Å². The predicted molar refractivity (Wildman–Crippen MR) is 136 cm³/mol. The van der Waals surface area contributed by atoms with Gasteiger partial charge in [0.05, 0.1) is 23.3 Å². The normalized spacial score (nSPS) is 11.0. The number of nitrogens with zero attached hydrogens (tertiary/aromatic N) is 4. The maximum atomic E-state index is 13.6. The summed E-state index contributed by atoms with van der Waals surface area (Å²) in [5, 5.41) is 8.00. The maximum Gasteiger partial charge on any atom is 0.275 e. The number of amides is 1. The number of benzene rings is 3. The van der Waals surface area contributed by atoms with Gasteiger partial charge in [-0.25, -0.2) is 14.1 Å². The Hall–Kier alpha value is -4.17. The summed E-state index contributed by atoms with van der Waals surface area (Å²) in [7, 11) is 0. The molecule has 0 saturated carbocycles. The lowest BCUT2D eigenvalue weighted by atomic mass is 10.1. The van der Waals surface area contributed by atoms with Gasteiger partial charge in [-0.1, -0.05) is 48.5 Å². The molecule has 0 N–H and O–H groups in total. The molecule has 8 heteroatoms. The van der Waals surface area contributed by atoms with E-state index >= 15 is 0 Å². The lowest BCUT2D eigenvalue weighted by Gasteiger charge is -2.20. The Balaban J connectivity index is 1.50. The SMILES string of the molecule is Cc1nn(CC(=O)N(Cc2ccccc2)c2nc(-c3ccc(F)cc3)cs2)c(=O)c2ccccc12. The van der Waals surface area contributed by atoms with Crippen LogP contribution in [0.2, 0.25) is 0 Å². The van der Waals surface area contributed by atoms with Crippen molar-refractivity contribution in [2.75, 3.05) is 4.90 Å². The topological polar surface area (TPSA) is 68.1 Å². The molecule has 0 aliphatic carbocycles. The van der Waals surface area contributed by atoms with Crippen LogP contribution >= 0.6 is 11.3 Å². The van der Waals surface area contributed by atoms with Crippen molar-refractivity contribution in [2.45, 2.75) is 20.0 Å². The van der Waals surface area contributed by atoms with E-state index in [1.807, 2.05) is 54.8 Å². The van der Waals surface area contributed by atoms with Gasteiger partial charge in [-0.2, -0.15) is 5.10 Å². The van der Waals surface area contributed by atoms with Crippen LogP contribution in [-0.2, 0) is 17.9 Å². The van der Waals surface area contributed by atoms with E-state index in [4.69, 9.17) is 0 Å². The minimum absolute atomic E-state index is 0.219. The molecule has 0 atom stereocenters. The van der Waals surface area contributed by atoms with E-state index in [2.05, 4.69) is 10.1 Å². The number of aromatic nitrogens is 3. The third-order valence-electron chi connectivity index (χ3n) is 5.68. The van der Waals surface area contributed by atoms with Crippen LogP contribution in [0.15, 0.2) is 89.0 Å². The summed E-state index contributed by atoms with van der Waals surface area (Å²) in [5.41, 5.74) is 2.69. The third kappa shape index (κ3) is 4.74. The van der Waals surface area contributed by atoms with Gasteiger partial charge in [0.2, 0.25) is 0 Å².